The van der Waals surface area contributed by atoms with Gasteiger partial charge in [0.25, 0.3) is 5.91 Å². The molecule has 1 heterocycles. The van der Waals surface area contributed by atoms with Gasteiger partial charge in [0.2, 0.25) is 0 Å². The fraction of sp³-hybridized carbons (Fsp3) is 0.571. The molecule has 0 spiro atoms. The second kappa shape index (κ2) is 9.08. The minimum Gasteiger partial charge on any atom is -0.481 e. The fourth-order valence-corrected chi connectivity index (χ4v) is 4.07. The van der Waals surface area contributed by atoms with Crippen molar-refractivity contribution in [2.45, 2.75) is 57.5 Å². The lowest BCUT2D eigenvalue weighted by atomic mass is 9.86. The number of benzene rings is 1. The molecule has 28 heavy (non-hydrogen) atoms. The number of hydrogen-bond donors (Lipinski definition) is 3. The molecule has 3 amide bonds. The van der Waals surface area contributed by atoms with Crippen LogP contribution in [0.5, 0.6) is 0 Å². The van der Waals surface area contributed by atoms with Crippen LogP contribution in [0.2, 0.25) is 0 Å². The molecular formula is C21H29N3O4. The molecule has 0 radical (unpaired) electrons. The third-order valence-electron chi connectivity index (χ3n) is 5.91. The van der Waals surface area contributed by atoms with E-state index in [0.717, 1.165) is 18.4 Å². The van der Waals surface area contributed by atoms with E-state index in [-0.39, 0.29) is 29.9 Å². The van der Waals surface area contributed by atoms with E-state index in [1.807, 2.05) is 31.2 Å². The normalized spacial score (nSPS) is 23.1. The van der Waals surface area contributed by atoms with E-state index in [0.29, 0.717) is 44.3 Å². The zero-order valence-electron chi connectivity index (χ0n) is 16.3. The number of nitrogens with one attached hydrogen (secondary N) is 2. The van der Waals surface area contributed by atoms with Crippen LogP contribution in [0.1, 0.15) is 54.4 Å². The molecule has 1 aliphatic heterocycles. The number of rotatable bonds is 4. The number of aliphatic carboxylic acids is 1. The average Bonchev–Trinajstić information content (AvgIpc) is 2.69. The Kier molecular flexibility index (Phi) is 6.54. The topological polar surface area (TPSA) is 98.7 Å². The summed E-state index contributed by atoms with van der Waals surface area (Å²) in [5, 5.41) is 15.2. The van der Waals surface area contributed by atoms with E-state index in [1.54, 1.807) is 4.90 Å². The first kappa shape index (κ1) is 20.2. The minimum absolute atomic E-state index is 0.0570. The van der Waals surface area contributed by atoms with E-state index < -0.39 is 5.97 Å². The van der Waals surface area contributed by atoms with Gasteiger partial charge in [-0.05, 0) is 57.1 Å². The number of carbonyl (C=O) groups is 3. The fourth-order valence-electron chi connectivity index (χ4n) is 4.07. The van der Waals surface area contributed by atoms with Gasteiger partial charge in [-0.15, -0.1) is 0 Å². The number of carboxylic acid groups (broad SMARTS) is 1. The smallest absolute Gasteiger partial charge is 0.317 e. The van der Waals surface area contributed by atoms with Crippen LogP contribution in [-0.4, -0.2) is 53.1 Å². The second-order valence-electron chi connectivity index (χ2n) is 7.89. The Morgan fingerprint density at radius 3 is 2.14 bits per heavy atom. The van der Waals surface area contributed by atoms with Crippen LogP contribution in [0.3, 0.4) is 0 Å². The number of amides is 3. The molecule has 1 aromatic carbocycles. The number of carboxylic acids is 1. The van der Waals surface area contributed by atoms with Crippen molar-refractivity contribution in [1.82, 2.24) is 15.5 Å². The molecule has 3 rings (SSSR count). The van der Waals surface area contributed by atoms with E-state index in [9.17, 15) is 14.4 Å². The Labute approximate surface area is 165 Å². The summed E-state index contributed by atoms with van der Waals surface area (Å²) in [7, 11) is 0. The van der Waals surface area contributed by atoms with Crippen molar-refractivity contribution >= 4 is 17.9 Å². The lowest BCUT2D eigenvalue weighted by Crippen LogP contribution is -2.51. The highest BCUT2D eigenvalue weighted by Gasteiger charge is 2.29. The molecule has 7 nitrogen and oxygen atoms in total. The lowest BCUT2D eigenvalue weighted by molar-refractivity contribution is -0.142. The van der Waals surface area contributed by atoms with Crippen LogP contribution in [0.4, 0.5) is 4.79 Å². The molecule has 0 unspecified atom stereocenters. The number of urea groups is 1. The number of nitrogens with zero attached hydrogens (tertiary/aromatic N) is 1. The van der Waals surface area contributed by atoms with Gasteiger partial charge in [-0.1, -0.05) is 18.2 Å². The molecule has 0 atom stereocenters. The summed E-state index contributed by atoms with van der Waals surface area (Å²) in [4.78, 5) is 37.7. The van der Waals surface area contributed by atoms with Gasteiger partial charge in [0, 0.05) is 30.7 Å². The Balaban J connectivity index is 1.41. The van der Waals surface area contributed by atoms with Gasteiger partial charge in [-0.3, -0.25) is 9.59 Å². The van der Waals surface area contributed by atoms with E-state index >= 15 is 0 Å². The highest BCUT2D eigenvalue weighted by atomic mass is 16.4. The van der Waals surface area contributed by atoms with Crippen molar-refractivity contribution < 1.29 is 19.5 Å². The molecule has 1 aliphatic carbocycles. The molecule has 2 aliphatic rings. The zero-order chi connectivity index (χ0) is 20.1. The Bertz CT molecular complexity index is 720. The predicted molar refractivity (Wildman–Crippen MR) is 105 cm³/mol. The number of carbonyl (C=O) groups excluding carboxylic acids is 2. The quantitative estimate of drug-likeness (QED) is 0.739. The van der Waals surface area contributed by atoms with Crippen molar-refractivity contribution in [3.63, 3.8) is 0 Å². The van der Waals surface area contributed by atoms with Crippen molar-refractivity contribution in [2.24, 2.45) is 5.92 Å². The maximum Gasteiger partial charge on any atom is 0.317 e. The Hall–Kier alpha value is -2.57. The van der Waals surface area contributed by atoms with E-state index in [4.69, 9.17) is 5.11 Å². The summed E-state index contributed by atoms with van der Waals surface area (Å²) in [6.07, 6.45) is 4.13. The van der Waals surface area contributed by atoms with Gasteiger partial charge in [0.05, 0.1) is 5.92 Å². The molecule has 0 aromatic heterocycles. The Morgan fingerprint density at radius 1 is 0.929 bits per heavy atom. The monoisotopic (exact) mass is 387 g/mol. The summed E-state index contributed by atoms with van der Waals surface area (Å²) >= 11 is 0. The Morgan fingerprint density at radius 2 is 1.54 bits per heavy atom. The second-order valence-corrected chi connectivity index (χ2v) is 7.89. The molecular weight excluding hydrogens is 358 g/mol. The van der Waals surface area contributed by atoms with Gasteiger partial charge >= 0.3 is 12.0 Å². The number of hydrogen-bond acceptors (Lipinski definition) is 3. The third-order valence-corrected chi connectivity index (χ3v) is 5.91. The van der Waals surface area contributed by atoms with Crippen LogP contribution in [-0.2, 0) is 4.79 Å². The standard InChI is InChI=1S/C21H29N3O4/c1-14-4-2-3-5-18(14)19(25)22-17-10-12-24(13-11-17)21(28)23-16-8-6-15(7-9-16)20(26)27/h2-5,15-17H,6-13H2,1H3,(H,22,25)(H,23,28)(H,26,27). The van der Waals surface area contributed by atoms with Gasteiger partial charge in [-0.25, -0.2) is 4.79 Å². The van der Waals surface area contributed by atoms with Crippen molar-refractivity contribution in [3.05, 3.63) is 35.4 Å². The predicted octanol–water partition coefficient (Wildman–Crippen LogP) is 2.54. The molecule has 1 saturated carbocycles. The summed E-state index contributed by atoms with van der Waals surface area (Å²) in [5.74, 6) is -1.07. The molecule has 0 bridgehead atoms. The van der Waals surface area contributed by atoms with Crippen molar-refractivity contribution in [1.29, 1.82) is 0 Å². The van der Waals surface area contributed by atoms with Crippen LogP contribution < -0.4 is 10.6 Å². The maximum atomic E-state index is 12.5. The van der Waals surface area contributed by atoms with Crippen LogP contribution in [0, 0.1) is 12.8 Å². The summed E-state index contributed by atoms with van der Waals surface area (Å²) < 4.78 is 0. The molecule has 152 valence electrons. The van der Waals surface area contributed by atoms with Gasteiger partial charge in [0.1, 0.15) is 0 Å². The van der Waals surface area contributed by atoms with E-state index in [2.05, 4.69) is 10.6 Å². The van der Waals surface area contributed by atoms with Crippen molar-refractivity contribution in [2.75, 3.05) is 13.1 Å². The van der Waals surface area contributed by atoms with Crippen LogP contribution >= 0.6 is 0 Å². The highest BCUT2D eigenvalue weighted by molar-refractivity contribution is 5.95. The van der Waals surface area contributed by atoms with Crippen LogP contribution in [0.25, 0.3) is 0 Å². The molecule has 7 heteroatoms. The number of aryl methyl sites for hydroxylation is 1. The van der Waals surface area contributed by atoms with Crippen molar-refractivity contribution in [3.8, 4) is 0 Å². The third kappa shape index (κ3) is 5.03. The first-order valence-corrected chi connectivity index (χ1v) is 10.1. The summed E-state index contributed by atoms with van der Waals surface area (Å²) in [6.45, 7) is 3.13. The number of piperidine rings is 1. The van der Waals surface area contributed by atoms with Gasteiger partial charge in [0.15, 0.2) is 0 Å². The molecule has 3 N–H and O–H groups in total. The average molecular weight is 387 g/mol. The van der Waals surface area contributed by atoms with E-state index in [1.165, 1.54) is 0 Å². The maximum absolute atomic E-state index is 12.5. The highest BCUT2D eigenvalue weighted by Crippen LogP contribution is 2.24. The van der Waals surface area contributed by atoms with Crippen LogP contribution in [0.15, 0.2) is 24.3 Å². The van der Waals surface area contributed by atoms with Gasteiger partial charge in [-0.2, -0.15) is 0 Å². The zero-order valence-corrected chi connectivity index (χ0v) is 16.3. The first-order chi connectivity index (χ1) is 13.4. The first-order valence-electron chi connectivity index (χ1n) is 10.1. The number of likely N-dealkylation sites (tertiary alicyclic amines) is 1. The van der Waals surface area contributed by atoms with Gasteiger partial charge < -0.3 is 20.6 Å². The summed E-state index contributed by atoms with van der Waals surface area (Å²) in [5.41, 5.74) is 1.65. The largest absolute Gasteiger partial charge is 0.481 e. The molecule has 1 aromatic rings. The minimum atomic E-state index is -0.736. The lowest BCUT2D eigenvalue weighted by Gasteiger charge is -2.34. The summed E-state index contributed by atoms with van der Waals surface area (Å²) in [6, 6.07) is 7.57. The molecule has 2 fully saturated rings. The molecule has 1 saturated heterocycles. The SMILES string of the molecule is Cc1ccccc1C(=O)NC1CCN(C(=O)NC2CCC(C(=O)O)CC2)CC1.